The lowest BCUT2D eigenvalue weighted by Crippen LogP contribution is -2.51. The highest BCUT2D eigenvalue weighted by Crippen LogP contribution is 2.17. The van der Waals surface area contributed by atoms with Gasteiger partial charge in [0.25, 0.3) is 0 Å². The van der Waals surface area contributed by atoms with E-state index in [1.807, 2.05) is 47.7 Å². The summed E-state index contributed by atoms with van der Waals surface area (Å²) in [7, 11) is 0. The fourth-order valence-electron chi connectivity index (χ4n) is 2.37. The highest BCUT2D eigenvalue weighted by Gasteiger charge is 2.22. The molecule has 0 radical (unpaired) electrons. The largest absolute Gasteiger partial charge is 0.354 e. The number of pyridine rings is 1. The van der Waals surface area contributed by atoms with E-state index in [0.717, 1.165) is 32.0 Å². The van der Waals surface area contributed by atoms with Gasteiger partial charge in [0.05, 0.1) is 0 Å². The molecule has 0 N–H and O–H groups in total. The normalized spacial score (nSPS) is 17.1. The number of aromatic nitrogens is 1. The Balaban J connectivity index is 0. The Hall–Kier alpha value is -1.09. The smallest absolute Gasteiger partial charge is 0.128 e. The SMILES string of the molecule is CC.CC.CC.CCN1CCN(c2cc(C)ccn2)CC1C. The van der Waals surface area contributed by atoms with Gasteiger partial charge in [-0.3, -0.25) is 4.90 Å². The second-order valence-electron chi connectivity index (χ2n) is 4.62. The number of nitrogens with zero attached hydrogens (tertiary/aromatic N) is 3. The molecule has 0 amide bonds. The first-order valence-corrected chi connectivity index (χ1v) is 9.12. The number of rotatable bonds is 2. The molecule has 0 spiro atoms. The lowest BCUT2D eigenvalue weighted by Gasteiger charge is -2.39. The number of likely N-dealkylation sites (N-methyl/N-ethyl adjacent to an activating group) is 1. The average molecular weight is 310 g/mol. The Morgan fingerprint density at radius 2 is 1.68 bits per heavy atom. The van der Waals surface area contributed by atoms with E-state index in [-0.39, 0.29) is 0 Å². The van der Waals surface area contributed by atoms with Crippen molar-refractivity contribution in [3.05, 3.63) is 23.9 Å². The van der Waals surface area contributed by atoms with Gasteiger partial charge in [0, 0.05) is 31.9 Å². The Morgan fingerprint density at radius 1 is 1.09 bits per heavy atom. The summed E-state index contributed by atoms with van der Waals surface area (Å²) in [6, 6.07) is 4.85. The highest BCUT2D eigenvalue weighted by molar-refractivity contribution is 5.41. The van der Waals surface area contributed by atoms with Crippen molar-refractivity contribution in [2.24, 2.45) is 0 Å². The fraction of sp³-hybridized carbons (Fsp3) is 0.737. The topological polar surface area (TPSA) is 19.4 Å². The van der Waals surface area contributed by atoms with Gasteiger partial charge in [-0.05, 0) is 38.1 Å². The minimum absolute atomic E-state index is 0.626. The molecule has 0 saturated carbocycles. The summed E-state index contributed by atoms with van der Waals surface area (Å²) in [5.74, 6) is 1.13. The molecule has 1 aliphatic heterocycles. The molecule has 22 heavy (non-hydrogen) atoms. The van der Waals surface area contributed by atoms with E-state index in [9.17, 15) is 0 Å². The Morgan fingerprint density at radius 3 is 2.14 bits per heavy atom. The van der Waals surface area contributed by atoms with Crippen molar-refractivity contribution in [3.63, 3.8) is 0 Å². The summed E-state index contributed by atoms with van der Waals surface area (Å²) in [5.41, 5.74) is 1.29. The van der Waals surface area contributed by atoms with Gasteiger partial charge < -0.3 is 4.90 Å². The third kappa shape index (κ3) is 7.79. The van der Waals surface area contributed by atoms with Crippen molar-refractivity contribution >= 4 is 5.82 Å². The minimum atomic E-state index is 0.626. The fourth-order valence-corrected chi connectivity index (χ4v) is 2.37. The van der Waals surface area contributed by atoms with E-state index in [4.69, 9.17) is 0 Å². The first-order chi connectivity index (χ1) is 10.7. The molecular weight excluding hydrogens is 270 g/mol. The first-order valence-electron chi connectivity index (χ1n) is 9.12. The quantitative estimate of drug-likeness (QED) is 0.766. The summed E-state index contributed by atoms with van der Waals surface area (Å²) < 4.78 is 0. The molecular formula is C19H39N3. The molecule has 1 unspecified atom stereocenters. The molecule has 1 atom stereocenters. The van der Waals surface area contributed by atoms with E-state index in [0.29, 0.717) is 6.04 Å². The van der Waals surface area contributed by atoms with Gasteiger partial charge in [-0.2, -0.15) is 0 Å². The molecule has 2 heterocycles. The van der Waals surface area contributed by atoms with Crippen molar-refractivity contribution in [2.45, 2.75) is 68.4 Å². The number of anilines is 1. The van der Waals surface area contributed by atoms with Crippen LogP contribution in [0.1, 0.15) is 61.0 Å². The summed E-state index contributed by atoms with van der Waals surface area (Å²) in [6.45, 7) is 23.1. The molecule has 1 aromatic heterocycles. The van der Waals surface area contributed by atoms with Crippen LogP contribution in [0, 0.1) is 6.92 Å². The van der Waals surface area contributed by atoms with Crippen molar-refractivity contribution in [3.8, 4) is 0 Å². The molecule has 0 bridgehead atoms. The van der Waals surface area contributed by atoms with Crippen LogP contribution in [0.4, 0.5) is 5.82 Å². The summed E-state index contributed by atoms with van der Waals surface area (Å²) in [6.07, 6.45) is 1.90. The molecule has 130 valence electrons. The number of hydrogen-bond donors (Lipinski definition) is 0. The maximum Gasteiger partial charge on any atom is 0.128 e. The van der Waals surface area contributed by atoms with Crippen LogP contribution in [0.2, 0.25) is 0 Å². The zero-order valence-corrected chi connectivity index (χ0v) is 16.5. The van der Waals surface area contributed by atoms with Crippen LogP contribution < -0.4 is 4.90 Å². The van der Waals surface area contributed by atoms with Crippen LogP contribution in [0.3, 0.4) is 0 Å². The average Bonchev–Trinajstić information content (AvgIpc) is 2.60. The number of piperazine rings is 1. The molecule has 1 saturated heterocycles. The molecule has 0 aromatic carbocycles. The monoisotopic (exact) mass is 309 g/mol. The van der Waals surface area contributed by atoms with E-state index in [1.165, 1.54) is 5.56 Å². The predicted octanol–water partition coefficient (Wildman–Crippen LogP) is 5.00. The predicted molar refractivity (Wildman–Crippen MR) is 102 cm³/mol. The van der Waals surface area contributed by atoms with Gasteiger partial charge in [0.15, 0.2) is 0 Å². The van der Waals surface area contributed by atoms with Gasteiger partial charge in [-0.25, -0.2) is 4.98 Å². The van der Waals surface area contributed by atoms with Gasteiger partial charge in [-0.15, -0.1) is 0 Å². The molecule has 3 nitrogen and oxygen atoms in total. The minimum Gasteiger partial charge on any atom is -0.354 e. The van der Waals surface area contributed by atoms with Crippen LogP contribution >= 0.6 is 0 Å². The maximum absolute atomic E-state index is 4.46. The summed E-state index contributed by atoms with van der Waals surface area (Å²) >= 11 is 0. The van der Waals surface area contributed by atoms with Crippen LogP contribution in [0.5, 0.6) is 0 Å². The Bertz CT molecular complexity index is 352. The maximum atomic E-state index is 4.46. The second-order valence-corrected chi connectivity index (χ2v) is 4.62. The van der Waals surface area contributed by atoms with E-state index in [2.05, 4.69) is 47.7 Å². The van der Waals surface area contributed by atoms with Gasteiger partial charge in [-0.1, -0.05) is 48.5 Å². The second kappa shape index (κ2) is 14.8. The first kappa shape index (κ1) is 23.2. The van der Waals surface area contributed by atoms with Gasteiger partial charge in [0.2, 0.25) is 0 Å². The zero-order valence-electron chi connectivity index (χ0n) is 16.5. The number of aryl methyl sites for hydroxylation is 1. The summed E-state index contributed by atoms with van der Waals surface area (Å²) in [4.78, 5) is 9.37. The van der Waals surface area contributed by atoms with Gasteiger partial charge in [0.1, 0.15) is 5.82 Å². The van der Waals surface area contributed by atoms with Crippen molar-refractivity contribution in [1.29, 1.82) is 0 Å². The Kier molecular flexibility index (Phi) is 15.6. The number of hydrogen-bond acceptors (Lipinski definition) is 3. The van der Waals surface area contributed by atoms with Crippen molar-refractivity contribution in [2.75, 3.05) is 31.1 Å². The third-order valence-electron chi connectivity index (χ3n) is 3.40. The van der Waals surface area contributed by atoms with Crippen LogP contribution in [0.25, 0.3) is 0 Å². The Labute approximate surface area is 139 Å². The van der Waals surface area contributed by atoms with E-state index in [1.54, 1.807) is 0 Å². The van der Waals surface area contributed by atoms with Crippen molar-refractivity contribution in [1.82, 2.24) is 9.88 Å². The van der Waals surface area contributed by atoms with Crippen molar-refractivity contribution < 1.29 is 0 Å². The molecule has 2 rings (SSSR count). The lowest BCUT2D eigenvalue weighted by atomic mass is 10.2. The highest BCUT2D eigenvalue weighted by atomic mass is 15.3. The van der Waals surface area contributed by atoms with Gasteiger partial charge >= 0.3 is 0 Å². The zero-order chi connectivity index (χ0) is 17.5. The van der Waals surface area contributed by atoms with Crippen LogP contribution in [-0.2, 0) is 0 Å². The van der Waals surface area contributed by atoms with E-state index < -0.39 is 0 Å². The molecule has 0 aliphatic carbocycles. The molecule has 1 aliphatic rings. The lowest BCUT2D eigenvalue weighted by molar-refractivity contribution is 0.199. The summed E-state index contributed by atoms with van der Waals surface area (Å²) in [5, 5.41) is 0. The third-order valence-corrected chi connectivity index (χ3v) is 3.40. The molecule has 3 heteroatoms. The van der Waals surface area contributed by atoms with E-state index >= 15 is 0 Å². The van der Waals surface area contributed by atoms with Crippen LogP contribution in [-0.4, -0.2) is 42.1 Å². The molecule has 1 aromatic rings. The molecule has 1 fully saturated rings. The standard InChI is InChI=1S/C13H21N3.3C2H6/c1-4-15-7-8-16(10-12(15)3)13-9-11(2)5-6-14-13;3*1-2/h5-6,9,12H,4,7-8,10H2,1-3H3;3*1-2H3. The van der Waals surface area contributed by atoms with Crippen LogP contribution in [0.15, 0.2) is 18.3 Å².